The Morgan fingerprint density at radius 1 is 1.20 bits per heavy atom. The fourth-order valence-corrected chi connectivity index (χ4v) is 2.09. The van der Waals surface area contributed by atoms with E-state index in [0.717, 1.165) is 0 Å². The van der Waals surface area contributed by atoms with Crippen molar-refractivity contribution in [3.8, 4) is 0 Å². The van der Waals surface area contributed by atoms with E-state index in [9.17, 15) is 4.79 Å². The van der Waals surface area contributed by atoms with E-state index in [1.807, 2.05) is 0 Å². The number of benzene rings is 1. The molecule has 0 unspecified atom stereocenters. The lowest BCUT2D eigenvalue weighted by molar-refractivity contribution is 0.0954. The van der Waals surface area contributed by atoms with E-state index in [1.165, 1.54) is 0 Å². The van der Waals surface area contributed by atoms with Gasteiger partial charge < -0.3 is 0 Å². The minimum atomic E-state index is -0.308. The molecule has 2 rings (SSSR count). The van der Waals surface area contributed by atoms with Crippen LogP contribution in [0.4, 0.5) is 0 Å². The van der Waals surface area contributed by atoms with E-state index in [4.69, 9.17) is 23.2 Å². The van der Waals surface area contributed by atoms with Crippen LogP contribution < -0.4 is 5.43 Å². The summed E-state index contributed by atoms with van der Waals surface area (Å²) >= 11 is 11.9. The summed E-state index contributed by atoms with van der Waals surface area (Å²) in [6.45, 7) is 1.75. The van der Waals surface area contributed by atoms with Crippen molar-refractivity contribution in [2.75, 3.05) is 0 Å². The van der Waals surface area contributed by atoms with Crippen molar-refractivity contribution < 1.29 is 4.79 Å². The first-order chi connectivity index (χ1) is 9.58. The summed E-state index contributed by atoms with van der Waals surface area (Å²) in [6.07, 6.45) is 3.09. The number of nitrogens with zero attached hydrogens (tertiary/aromatic N) is 2. The SMILES string of the molecule is C/C(=N/NC(=O)c1ccncc1)c1ccc(Cl)cc1Cl. The third-order valence-electron chi connectivity index (χ3n) is 2.59. The van der Waals surface area contributed by atoms with Crippen molar-refractivity contribution in [1.29, 1.82) is 0 Å². The third-order valence-corrected chi connectivity index (χ3v) is 3.14. The molecule has 6 heteroatoms. The highest BCUT2D eigenvalue weighted by molar-refractivity contribution is 6.37. The number of nitrogens with one attached hydrogen (secondary N) is 1. The zero-order valence-corrected chi connectivity index (χ0v) is 12.1. The van der Waals surface area contributed by atoms with Gasteiger partial charge >= 0.3 is 0 Å². The zero-order valence-electron chi connectivity index (χ0n) is 10.6. The number of pyridine rings is 1. The van der Waals surface area contributed by atoms with Crippen LogP contribution in [0.1, 0.15) is 22.8 Å². The molecule has 0 saturated heterocycles. The van der Waals surface area contributed by atoms with Crippen molar-refractivity contribution in [3.05, 3.63) is 63.9 Å². The molecule has 0 radical (unpaired) electrons. The monoisotopic (exact) mass is 307 g/mol. The molecule has 1 aromatic heterocycles. The van der Waals surface area contributed by atoms with Crippen LogP contribution in [0.5, 0.6) is 0 Å². The lowest BCUT2D eigenvalue weighted by Crippen LogP contribution is -2.19. The number of halogens is 2. The highest BCUT2D eigenvalue weighted by Crippen LogP contribution is 2.21. The van der Waals surface area contributed by atoms with Crippen LogP contribution >= 0.6 is 23.2 Å². The van der Waals surface area contributed by atoms with Gasteiger partial charge in [-0.25, -0.2) is 5.43 Å². The number of hydrogen-bond donors (Lipinski definition) is 1. The number of rotatable bonds is 3. The molecule has 0 bridgehead atoms. The Bertz CT molecular complexity index is 657. The Labute approximate surface area is 126 Å². The van der Waals surface area contributed by atoms with Gasteiger partial charge in [0.25, 0.3) is 5.91 Å². The zero-order chi connectivity index (χ0) is 14.5. The minimum Gasteiger partial charge on any atom is -0.267 e. The first kappa shape index (κ1) is 14.5. The number of hydrogen-bond acceptors (Lipinski definition) is 3. The molecule has 1 amide bonds. The molecule has 1 N–H and O–H groups in total. The van der Waals surface area contributed by atoms with Crippen molar-refractivity contribution in [3.63, 3.8) is 0 Å². The van der Waals surface area contributed by atoms with Gasteiger partial charge in [-0.2, -0.15) is 5.10 Å². The fraction of sp³-hybridized carbons (Fsp3) is 0.0714. The summed E-state index contributed by atoms with van der Waals surface area (Å²) in [5.41, 5.74) is 4.26. The maximum absolute atomic E-state index is 11.8. The predicted octanol–water partition coefficient (Wildman–Crippen LogP) is 3.54. The Hall–Kier alpha value is -1.91. The molecule has 0 saturated carbocycles. The molecule has 1 heterocycles. The van der Waals surface area contributed by atoms with Gasteiger partial charge in [-0.1, -0.05) is 29.3 Å². The van der Waals surface area contributed by atoms with Crippen molar-refractivity contribution in [1.82, 2.24) is 10.4 Å². The molecule has 0 atom stereocenters. The Balaban J connectivity index is 2.13. The highest BCUT2D eigenvalue weighted by Gasteiger charge is 2.07. The molecule has 0 aliphatic carbocycles. The second-order valence-electron chi connectivity index (χ2n) is 4.00. The number of carbonyl (C=O) groups excluding carboxylic acids is 1. The molecule has 20 heavy (non-hydrogen) atoms. The summed E-state index contributed by atoms with van der Waals surface area (Å²) < 4.78 is 0. The standard InChI is InChI=1S/C14H11Cl2N3O/c1-9(12-3-2-11(15)8-13(12)16)18-19-14(20)10-4-6-17-7-5-10/h2-8H,1H3,(H,19,20)/b18-9-. The number of aromatic nitrogens is 1. The summed E-state index contributed by atoms with van der Waals surface area (Å²) in [5, 5.41) is 5.06. The Kier molecular flexibility index (Phi) is 4.71. The predicted molar refractivity (Wildman–Crippen MR) is 80.4 cm³/mol. The average molecular weight is 308 g/mol. The maximum atomic E-state index is 11.8. The van der Waals surface area contributed by atoms with Gasteiger partial charge in [-0.3, -0.25) is 9.78 Å². The quantitative estimate of drug-likeness (QED) is 0.696. The topological polar surface area (TPSA) is 54.4 Å². The maximum Gasteiger partial charge on any atom is 0.271 e. The van der Waals surface area contributed by atoms with Crippen LogP contribution in [0.2, 0.25) is 10.0 Å². The summed E-state index contributed by atoms with van der Waals surface area (Å²) in [5.74, 6) is -0.308. The Morgan fingerprint density at radius 3 is 2.55 bits per heavy atom. The van der Waals surface area contributed by atoms with Crippen LogP contribution in [-0.2, 0) is 0 Å². The fourth-order valence-electron chi connectivity index (χ4n) is 1.55. The highest BCUT2D eigenvalue weighted by atomic mass is 35.5. The first-order valence-electron chi connectivity index (χ1n) is 5.78. The molecule has 1 aromatic carbocycles. The van der Waals surface area contributed by atoms with Gasteiger partial charge in [0.05, 0.1) is 10.7 Å². The molecule has 0 fully saturated rings. The lowest BCUT2D eigenvalue weighted by Gasteiger charge is -2.05. The molecule has 0 aliphatic rings. The minimum absolute atomic E-state index is 0.308. The molecular formula is C14H11Cl2N3O. The molecule has 0 spiro atoms. The third kappa shape index (κ3) is 3.56. The number of hydrazone groups is 1. The molecule has 0 aliphatic heterocycles. The van der Waals surface area contributed by atoms with Gasteiger partial charge in [0.15, 0.2) is 0 Å². The molecule has 4 nitrogen and oxygen atoms in total. The van der Waals surface area contributed by atoms with Crippen LogP contribution in [-0.4, -0.2) is 16.6 Å². The van der Waals surface area contributed by atoms with Crippen molar-refractivity contribution in [2.45, 2.75) is 6.92 Å². The van der Waals surface area contributed by atoms with Gasteiger partial charge in [0.1, 0.15) is 0 Å². The summed E-state index contributed by atoms with van der Waals surface area (Å²) in [4.78, 5) is 15.7. The van der Waals surface area contributed by atoms with Crippen LogP contribution in [0.25, 0.3) is 0 Å². The van der Waals surface area contributed by atoms with Crippen LogP contribution in [0.15, 0.2) is 47.8 Å². The molecule has 102 valence electrons. The van der Waals surface area contributed by atoms with E-state index >= 15 is 0 Å². The normalized spacial score (nSPS) is 11.2. The summed E-state index contributed by atoms with van der Waals surface area (Å²) in [7, 11) is 0. The number of amides is 1. The van der Waals surface area contributed by atoms with Crippen LogP contribution in [0, 0.1) is 0 Å². The van der Waals surface area contributed by atoms with Crippen LogP contribution in [0.3, 0.4) is 0 Å². The van der Waals surface area contributed by atoms with Gasteiger partial charge in [0.2, 0.25) is 0 Å². The summed E-state index contributed by atoms with van der Waals surface area (Å²) in [6, 6.07) is 8.31. The second kappa shape index (κ2) is 6.50. The largest absolute Gasteiger partial charge is 0.271 e. The van der Waals surface area contributed by atoms with E-state index in [2.05, 4.69) is 15.5 Å². The average Bonchev–Trinajstić information content (AvgIpc) is 2.45. The second-order valence-corrected chi connectivity index (χ2v) is 4.84. The first-order valence-corrected chi connectivity index (χ1v) is 6.53. The van der Waals surface area contributed by atoms with Gasteiger partial charge in [0, 0.05) is 28.5 Å². The smallest absolute Gasteiger partial charge is 0.267 e. The molecular weight excluding hydrogens is 297 g/mol. The lowest BCUT2D eigenvalue weighted by atomic mass is 10.1. The van der Waals surface area contributed by atoms with E-state index < -0.39 is 0 Å². The Morgan fingerprint density at radius 2 is 1.90 bits per heavy atom. The van der Waals surface area contributed by atoms with Gasteiger partial charge in [-0.05, 0) is 31.2 Å². The van der Waals surface area contributed by atoms with E-state index in [-0.39, 0.29) is 5.91 Å². The van der Waals surface area contributed by atoms with Crippen molar-refractivity contribution >= 4 is 34.8 Å². The van der Waals surface area contributed by atoms with E-state index in [0.29, 0.717) is 26.9 Å². The number of carbonyl (C=O) groups is 1. The van der Waals surface area contributed by atoms with Crippen molar-refractivity contribution in [2.24, 2.45) is 5.10 Å². The van der Waals surface area contributed by atoms with E-state index in [1.54, 1.807) is 49.6 Å². The molecule has 2 aromatic rings. The van der Waals surface area contributed by atoms with Gasteiger partial charge in [-0.15, -0.1) is 0 Å².